The topological polar surface area (TPSA) is 94.2 Å². The second-order valence-electron chi connectivity index (χ2n) is 6.94. The van der Waals surface area contributed by atoms with Crippen LogP contribution in [-0.2, 0) is 19.6 Å². The van der Waals surface area contributed by atoms with Gasteiger partial charge in [-0.05, 0) is 44.2 Å². The van der Waals surface area contributed by atoms with E-state index in [-0.39, 0.29) is 23.7 Å². The molecule has 3 rings (SSSR count). The van der Waals surface area contributed by atoms with E-state index in [0.29, 0.717) is 24.7 Å². The molecule has 162 valence electrons. The molecule has 0 aliphatic carbocycles. The standard InChI is InChI=1S/C21H26N2O6S/c1-15-4-6-17(7-5-15)29-16(2)21(24)22-19-14-18(8-9-20(19)27-3)30(25,26)23-10-12-28-13-11-23/h4-9,14,16H,10-13H2,1-3H3,(H,22,24)/t16-/m1/s1. The van der Waals surface area contributed by atoms with Crippen molar-refractivity contribution in [2.24, 2.45) is 0 Å². The molecule has 2 aromatic rings. The number of sulfonamides is 1. The zero-order chi connectivity index (χ0) is 21.7. The average Bonchev–Trinajstić information content (AvgIpc) is 2.75. The number of rotatable bonds is 7. The van der Waals surface area contributed by atoms with E-state index in [9.17, 15) is 13.2 Å². The Bertz CT molecular complexity index is 985. The smallest absolute Gasteiger partial charge is 0.265 e. The Morgan fingerprint density at radius 3 is 2.43 bits per heavy atom. The second kappa shape index (κ2) is 9.46. The molecule has 0 spiro atoms. The van der Waals surface area contributed by atoms with Gasteiger partial charge in [-0.2, -0.15) is 4.31 Å². The van der Waals surface area contributed by atoms with Gasteiger partial charge in [-0.3, -0.25) is 4.79 Å². The molecule has 0 bridgehead atoms. The molecule has 30 heavy (non-hydrogen) atoms. The van der Waals surface area contributed by atoms with Crippen molar-refractivity contribution >= 4 is 21.6 Å². The molecule has 0 radical (unpaired) electrons. The summed E-state index contributed by atoms with van der Waals surface area (Å²) in [6.07, 6.45) is -0.795. The molecule has 9 heteroatoms. The molecular formula is C21H26N2O6S. The van der Waals surface area contributed by atoms with Crippen molar-refractivity contribution < 1.29 is 27.4 Å². The minimum Gasteiger partial charge on any atom is -0.495 e. The number of amides is 1. The number of aryl methyl sites for hydroxylation is 1. The number of anilines is 1. The highest BCUT2D eigenvalue weighted by atomic mass is 32.2. The minimum absolute atomic E-state index is 0.0765. The number of nitrogens with one attached hydrogen (secondary N) is 1. The Labute approximate surface area is 176 Å². The summed E-state index contributed by atoms with van der Waals surface area (Å²) in [5.74, 6) is 0.500. The third-order valence-corrected chi connectivity index (χ3v) is 6.63. The monoisotopic (exact) mass is 434 g/mol. The number of benzene rings is 2. The van der Waals surface area contributed by atoms with Crippen molar-refractivity contribution in [3.8, 4) is 11.5 Å². The lowest BCUT2D eigenvalue weighted by molar-refractivity contribution is -0.122. The molecule has 1 fully saturated rings. The maximum Gasteiger partial charge on any atom is 0.265 e. The Kier molecular flexibility index (Phi) is 6.96. The maximum absolute atomic E-state index is 12.9. The van der Waals surface area contributed by atoms with Crippen LogP contribution in [-0.4, -0.2) is 58.1 Å². The Hall–Kier alpha value is -2.62. The fraction of sp³-hybridized carbons (Fsp3) is 0.381. The van der Waals surface area contributed by atoms with Crippen LogP contribution in [0, 0.1) is 6.92 Å². The van der Waals surface area contributed by atoms with Gasteiger partial charge in [0, 0.05) is 13.1 Å². The van der Waals surface area contributed by atoms with Gasteiger partial charge in [0.2, 0.25) is 10.0 Å². The van der Waals surface area contributed by atoms with E-state index in [1.807, 2.05) is 19.1 Å². The highest BCUT2D eigenvalue weighted by molar-refractivity contribution is 7.89. The van der Waals surface area contributed by atoms with Crippen LogP contribution < -0.4 is 14.8 Å². The third kappa shape index (κ3) is 5.10. The SMILES string of the molecule is COc1ccc(S(=O)(=O)N2CCOCC2)cc1NC(=O)[C@@H](C)Oc1ccc(C)cc1. The number of nitrogens with zero attached hydrogens (tertiary/aromatic N) is 1. The Balaban J connectivity index is 1.77. The number of morpholine rings is 1. The van der Waals surface area contributed by atoms with E-state index in [1.54, 1.807) is 19.1 Å². The van der Waals surface area contributed by atoms with Gasteiger partial charge in [0.15, 0.2) is 6.10 Å². The quantitative estimate of drug-likeness (QED) is 0.719. The van der Waals surface area contributed by atoms with Crippen LogP contribution in [0.1, 0.15) is 12.5 Å². The van der Waals surface area contributed by atoms with Crippen molar-refractivity contribution in [2.75, 3.05) is 38.7 Å². The number of methoxy groups -OCH3 is 1. The van der Waals surface area contributed by atoms with Gasteiger partial charge in [0.25, 0.3) is 5.91 Å². The summed E-state index contributed by atoms with van der Waals surface area (Å²) < 4.78 is 43.4. The number of hydrogen-bond acceptors (Lipinski definition) is 6. The van der Waals surface area contributed by atoms with Gasteiger partial charge in [0.05, 0.1) is 30.9 Å². The van der Waals surface area contributed by atoms with E-state index in [4.69, 9.17) is 14.2 Å². The number of hydrogen-bond donors (Lipinski definition) is 1. The van der Waals surface area contributed by atoms with Crippen LogP contribution >= 0.6 is 0 Å². The summed E-state index contributed by atoms with van der Waals surface area (Å²) in [7, 11) is -2.25. The first-order chi connectivity index (χ1) is 14.3. The molecule has 0 saturated carbocycles. The van der Waals surface area contributed by atoms with Crippen LogP contribution in [0.3, 0.4) is 0 Å². The molecule has 1 heterocycles. The lowest BCUT2D eigenvalue weighted by Gasteiger charge is -2.26. The van der Waals surface area contributed by atoms with Gasteiger partial charge in [-0.25, -0.2) is 8.42 Å². The average molecular weight is 435 g/mol. The molecule has 0 aromatic heterocycles. The van der Waals surface area contributed by atoms with Gasteiger partial charge < -0.3 is 19.5 Å². The first-order valence-electron chi connectivity index (χ1n) is 9.61. The Morgan fingerprint density at radius 2 is 1.80 bits per heavy atom. The van der Waals surface area contributed by atoms with Crippen LogP contribution in [0.2, 0.25) is 0 Å². The zero-order valence-electron chi connectivity index (χ0n) is 17.3. The van der Waals surface area contributed by atoms with E-state index in [0.717, 1.165) is 5.56 Å². The molecule has 1 aliphatic rings. The van der Waals surface area contributed by atoms with Crippen molar-refractivity contribution in [1.82, 2.24) is 4.31 Å². The number of carbonyl (C=O) groups is 1. The fourth-order valence-corrected chi connectivity index (χ4v) is 4.42. The van der Waals surface area contributed by atoms with Crippen molar-refractivity contribution in [3.05, 3.63) is 48.0 Å². The molecule has 1 saturated heterocycles. The number of ether oxygens (including phenoxy) is 3. The highest BCUT2D eigenvalue weighted by Crippen LogP contribution is 2.29. The summed E-state index contributed by atoms with van der Waals surface area (Å²) in [6.45, 7) is 4.87. The third-order valence-electron chi connectivity index (χ3n) is 4.74. The van der Waals surface area contributed by atoms with Crippen molar-refractivity contribution in [1.29, 1.82) is 0 Å². The summed E-state index contributed by atoms with van der Waals surface area (Å²) in [5.41, 5.74) is 1.35. The van der Waals surface area contributed by atoms with Gasteiger partial charge in [-0.1, -0.05) is 17.7 Å². The normalized spacial score (nSPS) is 16.0. The largest absolute Gasteiger partial charge is 0.495 e. The first-order valence-corrected chi connectivity index (χ1v) is 11.1. The molecule has 0 unspecified atom stereocenters. The van der Waals surface area contributed by atoms with E-state index in [2.05, 4.69) is 5.32 Å². The van der Waals surface area contributed by atoms with Crippen molar-refractivity contribution in [2.45, 2.75) is 24.8 Å². The molecule has 2 aromatic carbocycles. The second-order valence-corrected chi connectivity index (χ2v) is 8.88. The molecular weight excluding hydrogens is 408 g/mol. The van der Waals surface area contributed by atoms with E-state index < -0.39 is 22.0 Å². The first kappa shape index (κ1) is 22.1. The molecule has 1 N–H and O–H groups in total. The van der Waals surface area contributed by atoms with Gasteiger partial charge in [-0.15, -0.1) is 0 Å². The molecule has 1 aliphatic heterocycles. The van der Waals surface area contributed by atoms with Crippen LogP contribution in [0.25, 0.3) is 0 Å². The van der Waals surface area contributed by atoms with Gasteiger partial charge >= 0.3 is 0 Å². The Morgan fingerprint density at radius 1 is 1.13 bits per heavy atom. The van der Waals surface area contributed by atoms with Crippen LogP contribution in [0.15, 0.2) is 47.4 Å². The van der Waals surface area contributed by atoms with Crippen LogP contribution in [0.4, 0.5) is 5.69 Å². The molecule has 1 atom stereocenters. The zero-order valence-corrected chi connectivity index (χ0v) is 18.1. The molecule has 8 nitrogen and oxygen atoms in total. The highest BCUT2D eigenvalue weighted by Gasteiger charge is 2.27. The minimum atomic E-state index is -3.70. The van der Waals surface area contributed by atoms with E-state index >= 15 is 0 Å². The lowest BCUT2D eigenvalue weighted by Crippen LogP contribution is -2.40. The number of carbonyl (C=O) groups excluding carboxylic acids is 1. The summed E-state index contributed by atoms with van der Waals surface area (Å²) >= 11 is 0. The summed E-state index contributed by atoms with van der Waals surface area (Å²) in [4.78, 5) is 12.7. The lowest BCUT2D eigenvalue weighted by atomic mass is 10.2. The van der Waals surface area contributed by atoms with E-state index in [1.165, 1.54) is 29.6 Å². The summed E-state index contributed by atoms with van der Waals surface area (Å²) in [5, 5.41) is 2.71. The van der Waals surface area contributed by atoms with Crippen LogP contribution in [0.5, 0.6) is 11.5 Å². The summed E-state index contributed by atoms with van der Waals surface area (Å²) in [6, 6.07) is 11.7. The predicted molar refractivity (Wildman–Crippen MR) is 112 cm³/mol. The van der Waals surface area contributed by atoms with Crippen molar-refractivity contribution in [3.63, 3.8) is 0 Å². The van der Waals surface area contributed by atoms with Gasteiger partial charge in [0.1, 0.15) is 11.5 Å². The predicted octanol–water partition coefficient (Wildman–Crippen LogP) is 2.43. The fourth-order valence-electron chi connectivity index (χ4n) is 2.99. The molecule has 1 amide bonds. The maximum atomic E-state index is 12.9.